The molecule has 1 heterocycles. The monoisotopic (exact) mass is 240 g/mol. The van der Waals surface area contributed by atoms with Gasteiger partial charge in [0.2, 0.25) is 0 Å². The van der Waals surface area contributed by atoms with E-state index in [1.807, 2.05) is 11.9 Å². The molecule has 1 rings (SSSR count). The highest BCUT2D eigenvalue weighted by Gasteiger charge is 2.08. The molecule has 1 aromatic rings. The number of likely N-dealkylation sites (N-methyl/N-ethyl adjacent to an activating group) is 2. The highest BCUT2D eigenvalue weighted by atomic mass is 16.4. The van der Waals surface area contributed by atoms with Crippen molar-refractivity contribution in [3.8, 4) is 0 Å². The summed E-state index contributed by atoms with van der Waals surface area (Å²) in [7, 11) is 6.12. The zero-order valence-corrected chi connectivity index (χ0v) is 11.4. The van der Waals surface area contributed by atoms with E-state index in [0.29, 0.717) is 6.01 Å². The predicted molar refractivity (Wildman–Crippen MR) is 70.3 cm³/mol. The molecule has 0 saturated heterocycles. The van der Waals surface area contributed by atoms with E-state index in [4.69, 9.17) is 4.42 Å². The summed E-state index contributed by atoms with van der Waals surface area (Å²) >= 11 is 0. The van der Waals surface area contributed by atoms with Gasteiger partial charge < -0.3 is 19.5 Å². The molecule has 98 valence electrons. The average Bonchev–Trinajstić information content (AvgIpc) is 2.75. The minimum atomic E-state index is 0.695. The smallest absolute Gasteiger partial charge is 0.297 e. The molecule has 0 radical (unpaired) electrons. The van der Waals surface area contributed by atoms with Gasteiger partial charge >= 0.3 is 0 Å². The lowest BCUT2D eigenvalue weighted by Crippen LogP contribution is -2.28. The summed E-state index contributed by atoms with van der Waals surface area (Å²) in [6.45, 7) is 5.84. The van der Waals surface area contributed by atoms with Crippen molar-refractivity contribution in [2.24, 2.45) is 0 Å². The Labute approximate surface area is 104 Å². The van der Waals surface area contributed by atoms with Gasteiger partial charge in [0.05, 0.1) is 5.69 Å². The van der Waals surface area contributed by atoms with Gasteiger partial charge in [-0.25, -0.2) is 0 Å². The van der Waals surface area contributed by atoms with Gasteiger partial charge in [-0.2, -0.15) is 4.98 Å². The van der Waals surface area contributed by atoms with Crippen molar-refractivity contribution < 1.29 is 4.42 Å². The van der Waals surface area contributed by atoms with E-state index in [1.165, 1.54) is 0 Å². The van der Waals surface area contributed by atoms with Gasteiger partial charge in [0.15, 0.2) is 0 Å². The summed E-state index contributed by atoms with van der Waals surface area (Å²) in [5.74, 6) is 0. The van der Waals surface area contributed by atoms with Crippen LogP contribution in [0, 0.1) is 0 Å². The molecule has 0 saturated carbocycles. The van der Waals surface area contributed by atoms with Crippen molar-refractivity contribution in [2.75, 3.05) is 45.7 Å². The minimum Gasteiger partial charge on any atom is -0.432 e. The Bertz CT molecular complexity index is 311. The molecule has 0 spiro atoms. The number of rotatable bonds is 8. The number of nitrogens with zero attached hydrogens (tertiary/aromatic N) is 3. The van der Waals surface area contributed by atoms with Gasteiger partial charge in [0.1, 0.15) is 6.26 Å². The molecule has 5 nitrogen and oxygen atoms in total. The minimum absolute atomic E-state index is 0.695. The maximum absolute atomic E-state index is 5.45. The van der Waals surface area contributed by atoms with Gasteiger partial charge in [0, 0.05) is 26.7 Å². The van der Waals surface area contributed by atoms with E-state index in [9.17, 15) is 0 Å². The second kappa shape index (κ2) is 7.29. The van der Waals surface area contributed by atoms with Crippen LogP contribution >= 0.6 is 0 Å². The molecule has 17 heavy (non-hydrogen) atoms. The van der Waals surface area contributed by atoms with Gasteiger partial charge in [-0.15, -0.1) is 0 Å². The maximum atomic E-state index is 5.45. The van der Waals surface area contributed by atoms with Crippen molar-refractivity contribution in [1.82, 2.24) is 15.2 Å². The first-order chi connectivity index (χ1) is 8.13. The molecular weight excluding hydrogens is 216 g/mol. The molecule has 0 fully saturated rings. The predicted octanol–water partition coefficient (Wildman–Crippen LogP) is 1.17. The SMILES string of the molecule is CCCNCc1coc(N(C)CCN(C)C)n1. The normalized spacial score (nSPS) is 11.1. The molecule has 0 aliphatic carbocycles. The molecule has 0 atom stereocenters. The molecular formula is C12H24N4O. The Kier molecular flexibility index (Phi) is 6.00. The number of anilines is 1. The van der Waals surface area contributed by atoms with Gasteiger partial charge in [-0.3, -0.25) is 0 Å². The quantitative estimate of drug-likeness (QED) is 0.691. The Balaban J connectivity index is 2.38. The molecule has 0 amide bonds. The first-order valence-electron chi connectivity index (χ1n) is 6.14. The number of aromatic nitrogens is 1. The van der Waals surface area contributed by atoms with Crippen molar-refractivity contribution in [2.45, 2.75) is 19.9 Å². The standard InChI is InChI=1S/C12H24N4O/c1-5-6-13-9-11-10-17-12(14-11)16(4)8-7-15(2)3/h10,13H,5-9H2,1-4H3. The van der Waals surface area contributed by atoms with E-state index >= 15 is 0 Å². The Morgan fingerprint density at radius 2 is 2.06 bits per heavy atom. The van der Waals surface area contributed by atoms with Gasteiger partial charge in [-0.1, -0.05) is 6.92 Å². The Morgan fingerprint density at radius 1 is 1.29 bits per heavy atom. The van der Waals surface area contributed by atoms with Crippen LogP contribution in [0.3, 0.4) is 0 Å². The van der Waals surface area contributed by atoms with Crippen molar-refractivity contribution >= 4 is 6.01 Å². The fourth-order valence-corrected chi connectivity index (χ4v) is 1.39. The molecule has 0 aromatic carbocycles. The van der Waals surface area contributed by atoms with Crippen LogP contribution in [-0.4, -0.2) is 50.7 Å². The lowest BCUT2D eigenvalue weighted by molar-refractivity contribution is 0.410. The summed E-state index contributed by atoms with van der Waals surface area (Å²) in [6.07, 6.45) is 2.86. The second-order valence-electron chi connectivity index (χ2n) is 4.52. The van der Waals surface area contributed by atoms with Crippen LogP contribution in [0.2, 0.25) is 0 Å². The average molecular weight is 240 g/mol. The first kappa shape index (κ1) is 14.0. The third-order valence-electron chi connectivity index (χ3n) is 2.48. The van der Waals surface area contributed by atoms with Crippen LogP contribution in [-0.2, 0) is 6.54 Å². The summed E-state index contributed by atoms with van der Waals surface area (Å²) in [6, 6.07) is 0.695. The van der Waals surface area contributed by atoms with Crippen LogP contribution in [0.5, 0.6) is 0 Å². The van der Waals surface area contributed by atoms with Gasteiger partial charge in [0.25, 0.3) is 6.01 Å². The second-order valence-corrected chi connectivity index (χ2v) is 4.52. The van der Waals surface area contributed by atoms with Crippen LogP contribution in [0.15, 0.2) is 10.7 Å². The van der Waals surface area contributed by atoms with Crippen LogP contribution in [0.25, 0.3) is 0 Å². The largest absolute Gasteiger partial charge is 0.432 e. The lowest BCUT2D eigenvalue weighted by Gasteiger charge is -2.17. The van der Waals surface area contributed by atoms with Crippen molar-refractivity contribution in [3.63, 3.8) is 0 Å². The fraction of sp³-hybridized carbons (Fsp3) is 0.750. The van der Waals surface area contributed by atoms with E-state index in [1.54, 1.807) is 6.26 Å². The zero-order valence-electron chi connectivity index (χ0n) is 11.4. The van der Waals surface area contributed by atoms with E-state index in [0.717, 1.165) is 38.3 Å². The third kappa shape index (κ3) is 5.19. The molecule has 1 N–H and O–H groups in total. The Hall–Kier alpha value is -1.07. The number of nitrogens with one attached hydrogen (secondary N) is 1. The zero-order chi connectivity index (χ0) is 12.7. The summed E-state index contributed by atoms with van der Waals surface area (Å²) in [5, 5.41) is 3.30. The molecule has 5 heteroatoms. The molecule has 0 bridgehead atoms. The van der Waals surface area contributed by atoms with Crippen LogP contribution in [0.1, 0.15) is 19.0 Å². The summed E-state index contributed by atoms with van der Waals surface area (Å²) in [4.78, 5) is 8.61. The molecule has 0 aliphatic rings. The summed E-state index contributed by atoms with van der Waals surface area (Å²) < 4.78 is 5.45. The number of hydrogen-bond acceptors (Lipinski definition) is 5. The topological polar surface area (TPSA) is 44.5 Å². The molecule has 1 aromatic heterocycles. The van der Waals surface area contributed by atoms with Gasteiger partial charge in [-0.05, 0) is 27.1 Å². The van der Waals surface area contributed by atoms with Crippen molar-refractivity contribution in [1.29, 1.82) is 0 Å². The maximum Gasteiger partial charge on any atom is 0.297 e. The lowest BCUT2D eigenvalue weighted by atomic mass is 10.4. The van der Waals surface area contributed by atoms with Crippen molar-refractivity contribution in [3.05, 3.63) is 12.0 Å². The highest BCUT2D eigenvalue weighted by Crippen LogP contribution is 2.11. The number of hydrogen-bond donors (Lipinski definition) is 1. The first-order valence-corrected chi connectivity index (χ1v) is 6.14. The Morgan fingerprint density at radius 3 is 2.71 bits per heavy atom. The van der Waals surface area contributed by atoms with E-state index < -0.39 is 0 Å². The summed E-state index contributed by atoms with van der Waals surface area (Å²) in [5.41, 5.74) is 0.963. The van der Waals surface area contributed by atoms with Crippen LogP contribution < -0.4 is 10.2 Å². The third-order valence-corrected chi connectivity index (χ3v) is 2.48. The number of oxazole rings is 1. The van der Waals surface area contributed by atoms with Crippen LogP contribution in [0.4, 0.5) is 6.01 Å². The van der Waals surface area contributed by atoms with E-state index in [-0.39, 0.29) is 0 Å². The van der Waals surface area contributed by atoms with E-state index in [2.05, 4.69) is 36.2 Å². The highest BCUT2D eigenvalue weighted by molar-refractivity contribution is 5.25. The fourth-order valence-electron chi connectivity index (χ4n) is 1.39. The molecule has 0 aliphatic heterocycles. The molecule has 0 unspecified atom stereocenters.